The van der Waals surface area contributed by atoms with Gasteiger partial charge in [-0.25, -0.2) is 0 Å². The Labute approximate surface area is 243 Å². The molecule has 2 aliphatic carbocycles. The van der Waals surface area contributed by atoms with Crippen molar-refractivity contribution in [3.8, 4) is 23.0 Å². The van der Waals surface area contributed by atoms with E-state index >= 15 is 0 Å². The van der Waals surface area contributed by atoms with Crippen LogP contribution in [-0.2, 0) is 31.9 Å². The lowest BCUT2D eigenvalue weighted by Crippen LogP contribution is -2.43. The normalized spacial score (nSPS) is 23.8. The molecule has 2 aromatic rings. The van der Waals surface area contributed by atoms with Crippen LogP contribution < -0.4 is 9.47 Å². The Bertz CT molecular complexity index is 1210. The summed E-state index contributed by atoms with van der Waals surface area (Å²) in [4.78, 5) is 25.2. The van der Waals surface area contributed by atoms with E-state index < -0.39 is 12.2 Å². The van der Waals surface area contributed by atoms with Crippen molar-refractivity contribution in [1.82, 2.24) is 0 Å². The highest BCUT2D eigenvalue weighted by atomic mass is 16.6. The lowest BCUT2D eigenvalue weighted by molar-refractivity contribution is -0.160. The van der Waals surface area contributed by atoms with E-state index in [1.807, 2.05) is 18.2 Å². The van der Waals surface area contributed by atoms with E-state index in [-0.39, 0.29) is 41.2 Å². The molecule has 0 amide bonds. The number of carbonyl (C=O) groups excluding carboxylic acids is 2. The molecule has 0 aromatic heterocycles. The molecule has 224 valence electrons. The minimum absolute atomic E-state index is 0.00628. The Balaban J connectivity index is 1.68. The second-order valence-electron chi connectivity index (χ2n) is 11.5. The third kappa shape index (κ3) is 7.66. The molecule has 2 aliphatic rings. The maximum absolute atomic E-state index is 12.9. The number of methoxy groups -OCH3 is 2. The Morgan fingerprint density at radius 2 is 1.59 bits per heavy atom. The summed E-state index contributed by atoms with van der Waals surface area (Å²) in [5, 5.41) is 20.7. The van der Waals surface area contributed by atoms with Crippen LogP contribution in [0.15, 0.2) is 30.3 Å². The summed E-state index contributed by atoms with van der Waals surface area (Å²) < 4.78 is 22.8. The number of rotatable bonds is 10. The molecule has 1 fully saturated rings. The highest BCUT2D eigenvalue weighted by Gasteiger charge is 2.42. The van der Waals surface area contributed by atoms with Gasteiger partial charge in [0.1, 0.15) is 12.2 Å². The zero-order chi connectivity index (χ0) is 29.5. The van der Waals surface area contributed by atoms with E-state index in [1.54, 1.807) is 12.1 Å². The quantitative estimate of drug-likeness (QED) is 0.256. The van der Waals surface area contributed by atoms with Gasteiger partial charge in [0, 0.05) is 25.7 Å². The first kappa shape index (κ1) is 30.5. The van der Waals surface area contributed by atoms with Gasteiger partial charge in [-0.2, -0.15) is 0 Å². The lowest BCUT2D eigenvalue weighted by atomic mass is 9.66. The van der Waals surface area contributed by atoms with Crippen LogP contribution in [0.2, 0.25) is 0 Å². The largest absolute Gasteiger partial charge is 0.504 e. The maximum atomic E-state index is 12.9. The zero-order valence-corrected chi connectivity index (χ0v) is 24.7. The molecule has 0 unspecified atom stereocenters. The zero-order valence-electron chi connectivity index (χ0n) is 24.7. The summed E-state index contributed by atoms with van der Waals surface area (Å²) in [7, 11) is 3.06. The van der Waals surface area contributed by atoms with Gasteiger partial charge in [0.2, 0.25) is 0 Å². The van der Waals surface area contributed by atoms with Gasteiger partial charge in [-0.05, 0) is 84.9 Å². The van der Waals surface area contributed by atoms with Crippen LogP contribution in [0.25, 0.3) is 0 Å². The van der Waals surface area contributed by atoms with E-state index in [4.69, 9.17) is 18.9 Å². The molecule has 0 aliphatic heterocycles. The molecule has 1 saturated carbocycles. The average Bonchev–Trinajstić information content (AvgIpc) is 2.93. The number of phenols is 2. The summed E-state index contributed by atoms with van der Waals surface area (Å²) >= 11 is 0. The molecule has 8 nitrogen and oxygen atoms in total. The summed E-state index contributed by atoms with van der Waals surface area (Å²) in [6.45, 7) is 3.56. The van der Waals surface area contributed by atoms with E-state index in [0.717, 1.165) is 48.8 Å². The van der Waals surface area contributed by atoms with Crippen molar-refractivity contribution in [2.45, 2.75) is 96.2 Å². The first-order chi connectivity index (χ1) is 19.7. The Morgan fingerprint density at radius 3 is 2.29 bits per heavy atom. The number of hydrogen-bond donors (Lipinski definition) is 2. The maximum Gasteiger partial charge on any atom is 0.306 e. The second-order valence-corrected chi connectivity index (χ2v) is 11.5. The van der Waals surface area contributed by atoms with Crippen molar-refractivity contribution in [3.63, 3.8) is 0 Å². The predicted molar refractivity (Wildman–Crippen MR) is 154 cm³/mol. The SMILES string of the molecule is CCCCCCC(=O)O[C@@H]1C[C@@H](c2ccc(O)c(OC)c2)C[C@H]2Cc3cc(O)c(OC)cc3C[C@@H]2[C@H](OC(C)=O)C1. The molecule has 2 aromatic carbocycles. The predicted octanol–water partition coefficient (Wildman–Crippen LogP) is 6.23. The van der Waals surface area contributed by atoms with Crippen LogP contribution in [-0.4, -0.2) is 48.6 Å². The molecule has 8 heteroatoms. The number of fused-ring (bicyclic) bond motifs is 2. The number of hydrogen-bond acceptors (Lipinski definition) is 8. The standard InChI is InChI=1S/C33H44O8/c1-5-6-7-8-9-33(37)41-26-14-22(21-10-11-28(35)31(17-21)38-3)12-25-13-23-16-29(36)32(39-4)18-24(23)15-27(25)30(19-26)40-20(2)34/h10-11,16-18,22,25-27,30,35-36H,5-9,12-15,19H2,1-4H3/t22-,25-,26+,27-,30+/m0/s1. The van der Waals surface area contributed by atoms with Crippen LogP contribution in [0.5, 0.6) is 23.0 Å². The molecule has 5 atom stereocenters. The van der Waals surface area contributed by atoms with E-state index in [1.165, 1.54) is 21.1 Å². The number of ether oxygens (including phenoxy) is 4. The van der Waals surface area contributed by atoms with Gasteiger partial charge in [-0.1, -0.05) is 32.3 Å². The smallest absolute Gasteiger partial charge is 0.306 e. The van der Waals surface area contributed by atoms with E-state index in [0.29, 0.717) is 43.6 Å². The fourth-order valence-electron chi connectivity index (χ4n) is 6.66. The van der Waals surface area contributed by atoms with Crippen LogP contribution in [0, 0.1) is 11.8 Å². The number of benzene rings is 2. The monoisotopic (exact) mass is 568 g/mol. The van der Waals surface area contributed by atoms with Gasteiger partial charge in [-0.3, -0.25) is 9.59 Å². The van der Waals surface area contributed by atoms with Gasteiger partial charge in [0.15, 0.2) is 23.0 Å². The summed E-state index contributed by atoms with van der Waals surface area (Å²) in [5.41, 5.74) is 3.12. The molecular weight excluding hydrogens is 524 g/mol. The highest BCUT2D eigenvalue weighted by Crippen LogP contribution is 2.46. The van der Waals surface area contributed by atoms with Crippen LogP contribution in [0.3, 0.4) is 0 Å². The summed E-state index contributed by atoms with van der Waals surface area (Å²) in [6.07, 6.45) is 6.58. The average molecular weight is 569 g/mol. The number of phenolic OH excluding ortho intramolecular Hbond substituents is 2. The minimum Gasteiger partial charge on any atom is -0.504 e. The van der Waals surface area contributed by atoms with Crippen molar-refractivity contribution >= 4 is 11.9 Å². The third-order valence-electron chi connectivity index (χ3n) is 8.68. The van der Waals surface area contributed by atoms with E-state index in [9.17, 15) is 19.8 Å². The fraction of sp³-hybridized carbons (Fsp3) is 0.576. The third-order valence-corrected chi connectivity index (χ3v) is 8.68. The topological polar surface area (TPSA) is 112 Å². The van der Waals surface area contributed by atoms with Crippen LogP contribution >= 0.6 is 0 Å². The second kappa shape index (κ2) is 14.0. The van der Waals surface area contributed by atoms with Crippen molar-refractivity contribution in [1.29, 1.82) is 0 Å². The van der Waals surface area contributed by atoms with Gasteiger partial charge in [0.25, 0.3) is 0 Å². The lowest BCUT2D eigenvalue weighted by Gasteiger charge is -2.43. The molecule has 0 heterocycles. The molecule has 4 rings (SSSR count). The van der Waals surface area contributed by atoms with Gasteiger partial charge in [-0.15, -0.1) is 0 Å². The van der Waals surface area contributed by atoms with Gasteiger partial charge >= 0.3 is 11.9 Å². The number of unbranched alkanes of at least 4 members (excludes halogenated alkanes) is 3. The molecule has 2 N–H and O–H groups in total. The molecule has 41 heavy (non-hydrogen) atoms. The first-order valence-electron chi connectivity index (χ1n) is 14.8. The Hall–Kier alpha value is -3.42. The van der Waals surface area contributed by atoms with Crippen molar-refractivity contribution in [3.05, 3.63) is 47.0 Å². The Morgan fingerprint density at radius 1 is 0.854 bits per heavy atom. The molecule has 0 spiro atoms. The van der Waals surface area contributed by atoms with E-state index in [2.05, 4.69) is 6.92 Å². The van der Waals surface area contributed by atoms with Crippen molar-refractivity contribution in [2.75, 3.05) is 14.2 Å². The molecule has 0 bridgehead atoms. The Kier molecular flexibility index (Phi) is 10.4. The fourth-order valence-corrected chi connectivity index (χ4v) is 6.66. The van der Waals surface area contributed by atoms with Crippen LogP contribution in [0.4, 0.5) is 0 Å². The number of aromatic hydroxyl groups is 2. The minimum atomic E-state index is -0.431. The number of carbonyl (C=O) groups is 2. The van der Waals surface area contributed by atoms with Crippen LogP contribution in [0.1, 0.15) is 87.8 Å². The number of esters is 2. The molecule has 0 saturated heterocycles. The van der Waals surface area contributed by atoms with Crippen molar-refractivity contribution < 1.29 is 38.7 Å². The van der Waals surface area contributed by atoms with Gasteiger partial charge < -0.3 is 29.2 Å². The van der Waals surface area contributed by atoms with Gasteiger partial charge in [0.05, 0.1) is 14.2 Å². The summed E-state index contributed by atoms with van der Waals surface area (Å²) in [5.74, 6) is 0.577. The first-order valence-corrected chi connectivity index (χ1v) is 14.8. The van der Waals surface area contributed by atoms with Crippen molar-refractivity contribution in [2.24, 2.45) is 11.8 Å². The highest BCUT2D eigenvalue weighted by molar-refractivity contribution is 5.69. The summed E-state index contributed by atoms with van der Waals surface area (Å²) in [6, 6.07) is 9.06. The molecule has 0 radical (unpaired) electrons. The molecular formula is C33H44O8.